The Balaban J connectivity index is 2.15. The monoisotopic (exact) mass is 236 g/mol. The molecular weight excluding hydrogens is 212 g/mol. The lowest BCUT2D eigenvalue weighted by molar-refractivity contribution is -0.123. The van der Waals surface area contributed by atoms with Gasteiger partial charge in [0.2, 0.25) is 5.91 Å². The summed E-state index contributed by atoms with van der Waals surface area (Å²) in [7, 11) is 0. The average molecular weight is 236 g/mol. The Kier molecular flexibility index (Phi) is 2.83. The van der Waals surface area contributed by atoms with Crippen molar-refractivity contribution in [2.24, 2.45) is 27.8 Å². The first-order valence-electron chi connectivity index (χ1n) is 6.66. The molecule has 0 aromatic carbocycles. The van der Waals surface area contributed by atoms with Crippen LogP contribution in [0, 0.1) is 22.7 Å². The van der Waals surface area contributed by atoms with E-state index in [0.717, 1.165) is 12.3 Å². The zero-order chi connectivity index (χ0) is 12.8. The summed E-state index contributed by atoms with van der Waals surface area (Å²) in [5.41, 5.74) is 4.43. The maximum absolute atomic E-state index is 11.6. The van der Waals surface area contributed by atoms with E-state index in [2.05, 4.69) is 31.3 Å². The highest BCUT2D eigenvalue weighted by Crippen LogP contribution is 2.63. The Morgan fingerprint density at radius 1 is 1.41 bits per heavy atom. The van der Waals surface area contributed by atoms with Gasteiger partial charge in [-0.05, 0) is 30.6 Å². The number of rotatable bonds is 2. The molecule has 2 rings (SSSR count). The van der Waals surface area contributed by atoms with Crippen molar-refractivity contribution in [3.05, 3.63) is 0 Å². The molecule has 2 bridgehead atoms. The Labute approximate surface area is 104 Å². The molecule has 2 aliphatic carbocycles. The van der Waals surface area contributed by atoms with Gasteiger partial charge in [0.1, 0.15) is 0 Å². The van der Waals surface area contributed by atoms with Crippen LogP contribution in [0.15, 0.2) is 5.10 Å². The molecule has 2 aliphatic rings. The summed E-state index contributed by atoms with van der Waals surface area (Å²) in [6.45, 7) is 10.8. The zero-order valence-corrected chi connectivity index (χ0v) is 11.6. The summed E-state index contributed by atoms with van der Waals surface area (Å²) >= 11 is 0. The molecule has 0 heterocycles. The van der Waals surface area contributed by atoms with E-state index in [1.54, 1.807) is 0 Å². The van der Waals surface area contributed by atoms with Gasteiger partial charge < -0.3 is 0 Å². The highest BCUT2D eigenvalue weighted by molar-refractivity contribution is 5.95. The second-order valence-corrected chi connectivity index (χ2v) is 6.68. The summed E-state index contributed by atoms with van der Waals surface area (Å²) in [5.74, 6) is 0.752. The number of carbonyl (C=O) groups excluding carboxylic acids is 1. The number of hydrogen-bond acceptors (Lipinski definition) is 2. The lowest BCUT2D eigenvalue weighted by atomic mass is 9.70. The lowest BCUT2D eigenvalue weighted by Crippen LogP contribution is -2.34. The molecule has 1 amide bonds. The Hall–Kier alpha value is -0.860. The largest absolute Gasteiger partial charge is 0.273 e. The first-order valence-corrected chi connectivity index (χ1v) is 6.66. The van der Waals surface area contributed by atoms with Crippen molar-refractivity contribution in [2.75, 3.05) is 0 Å². The van der Waals surface area contributed by atoms with Crippen LogP contribution in [0.5, 0.6) is 0 Å². The first kappa shape index (κ1) is 12.6. The van der Waals surface area contributed by atoms with Crippen LogP contribution >= 0.6 is 0 Å². The van der Waals surface area contributed by atoms with Gasteiger partial charge in [0.15, 0.2) is 0 Å². The maximum Gasteiger partial charge on any atom is 0.242 e. The van der Waals surface area contributed by atoms with E-state index in [1.807, 2.05) is 13.8 Å². The van der Waals surface area contributed by atoms with E-state index in [4.69, 9.17) is 0 Å². The molecule has 0 spiro atoms. The lowest BCUT2D eigenvalue weighted by Gasteiger charge is -2.34. The van der Waals surface area contributed by atoms with Gasteiger partial charge in [-0.15, -0.1) is 0 Å². The molecule has 0 aliphatic heterocycles. The van der Waals surface area contributed by atoms with E-state index in [-0.39, 0.29) is 17.2 Å². The second kappa shape index (κ2) is 3.82. The molecule has 2 atom stereocenters. The predicted octanol–water partition coefficient (Wildman–Crippen LogP) is 2.96. The Morgan fingerprint density at radius 3 is 2.47 bits per heavy atom. The molecule has 2 unspecified atom stereocenters. The molecule has 3 nitrogen and oxygen atoms in total. The van der Waals surface area contributed by atoms with Crippen molar-refractivity contribution >= 4 is 11.6 Å². The third-order valence-electron chi connectivity index (χ3n) is 5.34. The third-order valence-corrected chi connectivity index (χ3v) is 5.34. The molecule has 0 aromatic heterocycles. The molecule has 17 heavy (non-hydrogen) atoms. The van der Waals surface area contributed by atoms with Crippen molar-refractivity contribution in [2.45, 2.75) is 53.9 Å². The molecule has 2 fully saturated rings. The van der Waals surface area contributed by atoms with Gasteiger partial charge in [-0.1, -0.05) is 34.6 Å². The van der Waals surface area contributed by atoms with Crippen LogP contribution in [0.1, 0.15) is 53.9 Å². The summed E-state index contributed by atoms with van der Waals surface area (Å²) in [6, 6.07) is 0. The van der Waals surface area contributed by atoms with E-state index >= 15 is 0 Å². The fourth-order valence-electron chi connectivity index (χ4n) is 3.35. The average Bonchev–Trinajstić information content (AvgIpc) is 2.57. The highest BCUT2D eigenvalue weighted by Gasteiger charge is 2.59. The van der Waals surface area contributed by atoms with Gasteiger partial charge in [0.05, 0.1) is 0 Å². The Bertz CT molecular complexity index is 370. The first-order chi connectivity index (χ1) is 7.79. The van der Waals surface area contributed by atoms with Crippen LogP contribution in [0.3, 0.4) is 0 Å². The van der Waals surface area contributed by atoms with Crippen molar-refractivity contribution < 1.29 is 4.79 Å². The Morgan fingerprint density at radius 2 is 2.06 bits per heavy atom. The minimum Gasteiger partial charge on any atom is -0.273 e. The standard InChI is InChI=1S/C14H24N2O/c1-9(2)12(17)16-15-11-8-10-6-7-14(11,5)13(10,3)4/h9-10H,6-8H2,1-5H3,(H,16,17). The smallest absolute Gasteiger partial charge is 0.242 e. The summed E-state index contributed by atoms with van der Waals surface area (Å²) in [4.78, 5) is 11.6. The molecule has 0 saturated heterocycles. The maximum atomic E-state index is 11.6. The van der Waals surface area contributed by atoms with Crippen LogP contribution in [-0.2, 0) is 4.79 Å². The number of fused-ring (bicyclic) bond motifs is 2. The van der Waals surface area contributed by atoms with Gasteiger partial charge in [0.25, 0.3) is 0 Å². The normalized spacial score (nSPS) is 36.8. The van der Waals surface area contributed by atoms with E-state index < -0.39 is 0 Å². The SMILES string of the molecule is CC(C)C(=O)NN=C1CC2CCC1(C)C2(C)C. The van der Waals surface area contributed by atoms with Crippen molar-refractivity contribution in [1.82, 2.24) is 5.43 Å². The van der Waals surface area contributed by atoms with Gasteiger partial charge in [-0.3, -0.25) is 4.79 Å². The number of carbonyl (C=O) groups is 1. The summed E-state index contributed by atoms with van der Waals surface area (Å²) in [6.07, 6.45) is 3.57. The van der Waals surface area contributed by atoms with Gasteiger partial charge in [-0.25, -0.2) is 5.43 Å². The molecule has 3 heteroatoms. The minimum atomic E-state index is -0.00115. The molecule has 0 radical (unpaired) electrons. The van der Waals surface area contributed by atoms with E-state index in [1.165, 1.54) is 18.6 Å². The number of nitrogens with zero attached hydrogens (tertiary/aromatic N) is 1. The second-order valence-electron chi connectivity index (χ2n) is 6.68. The molecule has 0 aromatic rings. The predicted molar refractivity (Wildman–Crippen MR) is 69.6 cm³/mol. The fourth-order valence-corrected chi connectivity index (χ4v) is 3.35. The zero-order valence-electron chi connectivity index (χ0n) is 11.6. The van der Waals surface area contributed by atoms with Gasteiger partial charge in [-0.2, -0.15) is 5.10 Å². The number of hydrazone groups is 1. The molecule has 2 saturated carbocycles. The van der Waals surface area contributed by atoms with Crippen molar-refractivity contribution in [3.63, 3.8) is 0 Å². The van der Waals surface area contributed by atoms with Crippen LogP contribution in [0.4, 0.5) is 0 Å². The number of nitrogens with one attached hydrogen (secondary N) is 1. The van der Waals surface area contributed by atoms with Crippen molar-refractivity contribution in [3.8, 4) is 0 Å². The topological polar surface area (TPSA) is 41.5 Å². The minimum absolute atomic E-state index is 0.00115. The van der Waals surface area contributed by atoms with E-state index in [9.17, 15) is 4.79 Å². The third kappa shape index (κ3) is 1.71. The van der Waals surface area contributed by atoms with Crippen LogP contribution in [0.25, 0.3) is 0 Å². The van der Waals surface area contributed by atoms with Crippen LogP contribution < -0.4 is 5.43 Å². The van der Waals surface area contributed by atoms with Gasteiger partial charge in [0, 0.05) is 17.0 Å². The van der Waals surface area contributed by atoms with Crippen LogP contribution in [0.2, 0.25) is 0 Å². The number of amides is 1. The van der Waals surface area contributed by atoms with Crippen molar-refractivity contribution in [1.29, 1.82) is 0 Å². The van der Waals surface area contributed by atoms with Crippen LogP contribution in [-0.4, -0.2) is 11.6 Å². The van der Waals surface area contributed by atoms with Gasteiger partial charge >= 0.3 is 0 Å². The highest BCUT2D eigenvalue weighted by atomic mass is 16.2. The summed E-state index contributed by atoms with van der Waals surface area (Å²) < 4.78 is 0. The fraction of sp³-hybridized carbons (Fsp3) is 0.857. The molecular formula is C14H24N2O. The molecule has 96 valence electrons. The molecule has 1 N–H and O–H groups in total. The quantitative estimate of drug-likeness (QED) is 0.736. The number of hydrogen-bond donors (Lipinski definition) is 1. The summed E-state index contributed by atoms with van der Waals surface area (Å²) in [5, 5.41) is 4.41. The van der Waals surface area contributed by atoms with E-state index in [0.29, 0.717) is 5.41 Å².